The van der Waals surface area contributed by atoms with Crippen LogP contribution in [0, 0.1) is 46.3 Å². The van der Waals surface area contributed by atoms with Crippen LogP contribution in [-0.4, -0.2) is 59.9 Å². The van der Waals surface area contributed by atoms with Crippen LogP contribution < -0.4 is 0 Å². The number of carbonyl (C=O) groups is 5. The second kappa shape index (κ2) is 12.0. The quantitative estimate of drug-likeness (QED) is 0.193. The Balaban J connectivity index is 1.49. The van der Waals surface area contributed by atoms with Crippen molar-refractivity contribution in [2.24, 2.45) is 39.4 Å². The molecule has 11 heteroatoms. The molecule has 4 aliphatic carbocycles. The van der Waals surface area contributed by atoms with Gasteiger partial charge in [-0.25, -0.2) is 0 Å². The predicted molar refractivity (Wildman–Crippen MR) is 184 cm³/mol. The summed E-state index contributed by atoms with van der Waals surface area (Å²) in [6.07, 6.45) is 1.02. The van der Waals surface area contributed by atoms with E-state index in [2.05, 4.69) is 0 Å². The summed E-state index contributed by atoms with van der Waals surface area (Å²) in [5, 5.41) is 11.9. The molecule has 4 aliphatic rings. The zero-order valence-corrected chi connectivity index (χ0v) is 31.8. The van der Waals surface area contributed by atoms with Gasteiger partial charge in [0.25, 0.3) is 10.1 Å². The van der Waals surface area contributed by atoms with Gasteiger partial charge in [0.2, 0.25) is 0 Å². The highest BCUT2D eigenvalue weighted by Crippen LogP contribution is 2.73. The standard InChI is InChI=1S/C39H52O10S/c1-22-11-13-24(14-12-22)50(46,47)49-28-19-26-25(35(5,6)33(28)44)15-16-29-36(7)20-27(41)32(37(36,8)21-31(43)38(26,29)9)39(10,45)30(42)17-18-34(3,4)48-23(2)40/h11-15,26,28-29,32,45H,16-21H2,1-10H3/t26-,28+,29+,32+,36+,37-,38+,39+/m1/s1. The van der Waals surface area contributed by atoms with Crippen LogP contribution >= 0.6 is 0 Å². The van der Waals surface area contributed by atoms with Crippen LogP contribution in [0.4, 0.5) is 0 Å². The second-order valence-electron chi connectivity index (χ2n) is 17.3. The fourth-order valence-electron chi connectivity index (χ4n) is 10.3. The number of allylic oxidation sites excluding steroid dienone is 2. The zero-order chi connectivity index (χ0) is 37.6. The number of rotatable bonds is 9. The van der Waals surface area contributed by atoms with Gasteiger partial charge >= 0.3 is 5.97 Å². The number of Topliss-reactive ketones (excluding diaryl/α,β-unsaturated/α-hetero) is 4. The van der Waals surface area contributed by atoms with Crippen LogP contribution in [0.25, 0.3) is 0 Å². The number of aryl methyl sites for hydroxylation is 1. The van der Waals surface area contributed by atoms with Crippen molar-refractivity contribution in [2.45, 2.75) is 130 Å². The molecule has 0 aliphatic heterocycles. The summed E-state index contributed by atoms with van der Waals surface area (Å²) in [7, 11) is -4.31. The van der Waals surface area contributed by atoms with E-state index in [-0.39, 0.29) is 54.3 Å². The zero-order valence-electron chi connectivity index (χ0n) is 31.0. The highest BCUT2D eigenvalue weighted by atomic mass is 32.2. The average Bonchev–Trinajstić information content (AvgIpc) is 3.19. The van der Waals surface area contributed by atoms with Crippen LogP contribution in [-0.2, 0) is 43.0 Å². The normalized spacial score (nSPS) is 34.9. The second-order valence-corrected chi connectivity index (χ2v) is 18.9. The first-order chi connectivity index (χ1) is 22.8. The summed E-state index contributed by atoms with van der Waals surface area (Å²) in [5.41, 5.74) is -5.49. The van der Waals surface area contributed by atoms with Gasteiger partial charge in [0.05, 0.1) is 10.8 Å². The molecule has 3 saturated carbocycles. The molecule has 274 valence electrons. The van der Waals surface area contributed by atoms with Gasteiger partial charge in [0.1, 0.15) is 28.9 Å². The number of fused-ring (bicyclic) bond motifs is 5. The largest absolute Gasteiger partial charge is 0.460 e. The summed E-state index contributed by atoms with van der Waals surface area (Å²) >= 11 is 0. The minimum atomic E-state index is -4.31. The third-order valence-corrected chi connectivity index (χ3v) is 14.6. The fraction of sp³-hybridized carbons (Fsp3) is 0.667. The molecule has 0 radical (unpaired) electrons. The Morgan fingerprint density at radius 3 is 2.14 bits per heavy atom. The molecule has 50 heavy (non-hydrogen) atoms. The lowest BCUT2D eigenvalue weighted by Crippen LogP contribution is -2.65. The van der Waals surface area contributed by atoms with Gasteiger partial charge in [0.15, 0.2) is 11.6 Å². The molecule has 10 nitrogen and oxygen atoms in total. The van der Waals surface area contributed by atoms with E-state index >= 15 is 0 Å². The molecule has 3 fully saturated rings. The smallest absolute Gasteiger partial charge is 0.303 e. The highest BCUT2D eigenvalue weighted by molar-refractivity contribution is 7.86. The lowest BCUT2D eigenvalue weighted by atomic mass is 9.38. The fourth-order valence-corrected chi connectivity index (χ4v) is 11.4. The molecule has 0 spiro atoms. The Morgan fingerprint density at radius 1 is 0.960 bits per heavy atom. The van der Waals surface area contributed by atoms with Crippen molar-refractivity contribution >= 4 is 39.2 Å². The van der Waals surface area contributed by atoms with Gasteiger partial charge in [-0.3, -0.25) is 28.2 Å². The van der Waals surface area contributed by atoms with Crippen molar-refractivity contribution in [1.82, 2.24) is 0 Å². The number of hydrogen-bond donors (Lipinski definition) is 1. The Bertz CT molecular complexity index is 1780. The van der Waals surface area contributed by atoms with Gasteiger partial charge in [0, 0.05) is 37.0 Å². The van der Waals surface area contributed by atoms with E-state index < -0.39 is 78.6 Å². The van der Waals surface area contributed by atoms with Gasteiger partial charge in [-0.15, -0.1) is 0 Å². The lowest BCUT2D eigenvalue weighted by molar-refractivity contribution is -0.183. The third-order valence-electron chi connectivity index (χ3n) is 13.2. The number of carbonyl (C=O) groups excluding carboxylic acids is 5. The lowest BCUT2D eigenvalue weighted by Gasteiger charge is -2.64. The number of benzene rings is 1. The molecule has 0 bridgehead atoms. The van der Waals surface area contributed by atoms with Crippen LogP contribution in [0.15, 0.2) is 40.8 Å². The molecule has 8 atom stereocenters. The van der Waals surface area contributed by atoms with Crippen LogP contribution in [0.1, 0.15) is 106 Å². The van der Waals surface area contributed by atoms with E-state index in [0.717, 1.165) is 11.1 Å². The monoisotopic (exact) mass is 712 g/mol. The van der Waals surface area contributed by atoms with Gasteiger partial charge in [-0.05, 0) is 95.6 Å². The number of ether oxygens (including phenoxy) is 1. The molecule has 1 N–H and O–H groups in total. The van der Waals surface area contributed by atoms with Crippen LogP contribution in [0.2, 0.25) is 0 Å². The molecule has 5 rings (SSSR count). The summed E-state index contributed by atoms with van der Waals surface area (Å²) in [6, 6.07) is 6.18. The molecule has 0 saturated heterocycles. The molecule has 1 aromatic rings. The van der Waals surface area contributed by atoms with Crippen LogP contribution in [0.5, 0.6) is 0 Å². The molecule has 0 aromatic heterocycles. The first-order valence-corrected chi connectivity index (χ1v) is 18.9. The number of aliphatic hydroxyl groups is 1. The number of ketones is 4. The Kier molecular flexibility index (Phi) is 9.19. The molecule has 0 heterocycles. The van der Waals surface area contributed by atoms with E-state index in [1.807, 2.05) is 33.8 Å². The Hall–Kier alpha value is -3.02. The van der Waals surface area contributed by atoms with E-state index in [0.29, 0.717) is 6.42 Å². The minimum Gasteiger partial charge on any atom is -0.460 e. The molecule has 0 amide bonds. The number of hydrogen-bond acceptors (Lipinski definition) is 10. The van der Waals surface area contributed by atoms with Crippen molar-refractivity contribution in [2.75, 3.05) is 0 Å². The van der Waals surface area contributed by atoms with Gasteiger partial charge < -0.3 is 9.84 Å². The molecule has 1 aromatic carbocycles. The van der Waals surface area contributed by atoms with E-state index in [4.69, 9.17) is 8.92 Å². The maximum absolute atomic E-state index is 14.7. The first kappa shape index (κ1) is 38.2. The topological polar surface area (TPSA) is 158 Å². The van der Waals surface area contributed by atoms with Crippen molar-refractivity contribution in [3.05, 3.63) is 41.5 Å². The van der Waals surface area contributed by atoms with Crippen molar-refractivity contribution < 1.29 is 46.4 Å². The molecular weight excluding hydrogens is 660 g/mol. The maximum Gasteiger partial charge on any atom is 0.303 e. The van der Waals surface area contributed by atoms with Crippen molar-refractivity contribution in [3.8, 4) is 0 Å². The van der Waals surface area contributed by atoms with E-state index in [1.165, 1.54) is 26.0 Å². The van der Waals surface area contributed by atoms with Gasteiger partial charge in [-0.1, -0.05) is 50.1 Å². The minimum absolute atomic E-state index is 0.0174. The highest BCUT2D eigenvalue weighted by Gasteiger charge is 2.75. The maximum atomic E-state index is 14.7. The Labute approximate surface area is 295 Å². The van der Waals surface area contributed by atoms with E-state index in [9.17, 15) is 37.5 Å². The Morgan fingerprint density at radius 2 is 1.56 bits per heavy atom. The summed E-state index contributed by atoms with van der Waals surface area (Å²) < 4.78 is 37.8. The summed E-state index contributed by atoms with van der Waals surface area (Å²) in [5.74, 6) is -3.96. The number of esters is 1. The van der Waals surface area contributed by atoms with Crippen molar-refractivity contribution in [1.29, 1.82) is 0 Å². The molecule has 0 unspecified atom stereocenters. The van der Waals surface area contributed by atoms with Gasteiger partial charge in [-0.2, -0.15) is 8.42 Å². The first-order valence-electron chi connectivity index (χ1n) is 17.5. The van der Waals surface area contributed by atoms with Crippen molar-refractivity contribution in [3.63, 3.8) is 0 Å². The summed E-state index contributed by atoms with van der Waals surface area (Å²) in [6.45, 7) is 17.0. The average molecular weight is 713 g/mol. The SMILES string of the molecule is CC(=O)OC(C)(C)CCC(=O)[C@](C)(O)[C@H]1C(=O)C[C@@]2(C)[C@@H]3CC=C4[C@@H](C[C@H](OS(=O)(=O)c5ccc(C)cc5)C(=O)C4(C)C)[C@]3(C)C(=O)C[C@]12C. The summed E-state index contributed by atoms with van der Waals surface area (Å²) in [4.78, 5) is 67.9. The predicted octanol–water partition coefficient (Wildman–Crippen LogP) is 5.65. The van der Waals surface area contributed by atoms with E-state index in [1.54, 1.807) is 39.8 Å². The van der Waals surface area contributed by atoms with Crippen LogP contribution in [0.3, 0.4) is 0 Å². The molecular formula is C39H52O10S. The third kappa shape index (κ3) is 5.75.